The minimum Gasteiger partial charge on any atom is -0.480 e. The van der Waals surface area contributed by atoms with Gasteiger partial charge in [-0.25, -0.2) is 0 Å². The molecule has 0 radical (unpaired) electrons. The Morgan fingerprint density at radius 2 is 1.83 bits per heavy atom. The number of hydrogen-bond acceptors (Lipinski definition) is 2. The summed E-state index contributed by atoms with van der Waals surface area (Å²) in [6.07, 6.45) is 1.97. The second kappa shape index (κ2) is 7.17. The first-order valence-corrected chi connectivity index (χ1v) is 6.52. The molecule has 1 unspecified atom stereocenters. The molecule has 1 aromatic carbocycles. The molecule has 0 heterocycles. The van der Waals surface area contributed by atoms with Gasteiger partial charge >= 0.3 is 5.97 Å². The first-order valence-electron chi connectivity index (χ1n) is 6.52. The highest BCUT2D eigenvalue weighted by Crippen LogP contribution is 2.12. The fourth-order valence-corrected chi connectivity index (χ4v) is 2.19. The van der Waals surface area contributed by atoms with E-state index in [4.69, 9.17) is 5.11 Å². The van der Waals surface area contributed by atoms with Gasteiger partial charge in [0.2, 0.25) is 0 Å². The highest BCUT2D eigenvalue weighted by molar-refractivity contribution is 5.69. The highest BCUT2D eigenvalue weighted by atomic mass is 16.4. The van der Waals surface area contributed by atoms with E-state index in [0.717, 1.165) is 12.8 Å². The second-order valence-electron chi connectivity index (χ2n) is 5.03. The van der Waals surface area contributed by atoms with Crippen LogP contribution in [-0.4, -0.2) is 34.6 Å². The summed E-state index contributed by atoms with van der Waals surface area (Å²) >= 11 is 0. The summed E-state index contributed by atoms with van der Waals surface area (Å²) in [5.74, 6) is -0.754. The lowest BCUT2D eigenvalue weighted by Gasteiger charge is -2.31. The maximum Gasteiger partial charge on any atom is 0.317 e. The molecule has 3 nitrogen and oxygen atoms in total. The van der Waals surface area contributed by atoms with Crippen molar-refractivity contribution in [3.63, 3.8) is 0 Å². The van der Waals surface area contributed by atoms with Gasteiger partial charge in [-0.05, 0) is 39.2 Å². The second-order valence-corrected chi connectivity index (χ2v) is 5.03. The van der Waals surface area contributed by atoms with Crippen LogP contribution in [0, 0.1) is 0 Å². The predicted molar refractivity (Wildman–Crippen MR) is 73.7 cm³/mol. The Kier molecular flexibility index (Phi) is 5.86. The van der Waals surface area contributed by atoms with E-state index >= 15 is 0 Å². The normalized spacial score (nSPS) is 12.9. The molecular formula is C15H23NO2. The van der Waals surface area contributed by atoms with E-state index in [1.807, 2.05) is 36.9 Å². The van der Waals surface area contributed by atoms with Crippen LogP contribution in [0.15, 0.2) is 30.3 Å². The van der Waals surface area contributed by atoms with Gasteiger partial charge in [-0.2, -0.15) is 0 Å². The summed E-state index contributed by atoms with van der Waals surface area (Å²) < 4.78 is 0. The van der Waals surface area contributed by atoms with Gasteiger partial charge in [-0.15, -0.1) is 0 Å². The molecule has 1 rings (SSSR count). The molecule has 0 amide bonds. The van der Waals surface area contributed by atoms with Crippen molar-refractivity contribution in [2.24, 2.45) is 0 Å². The third-order valence-corrected chi connectivity index (χ3v) is 3.24. The lowest BCUT2D eigenvalue weighted by atomic mass is 10.0. The Balaban J connectivity index is 2.51. The first-order chi connectivity index (χ1) is 8.50. The quantitative estimate of drug-likeness (QED) is 0.807. The standard InChI is InChI=1S/C15H23NO2/c1-12(2)16(11-15(17)18)13(3)9-10-14-7-5-4-6-8-14/h4-8,12-13H,9-11H2,1-3H3,(H,17,18). The zero-order valence-electron chi connectivity index (χ0n) is 11.5. The number of benzene rings is 1. The van der Waals surface area contributed by atoms with Crippen LogP contribution in [0.4, 0.5) is 0 Å². The third-order valence-electron chi connectivity index (χ3n) is 3.24. The Bertz CT molecular complexity index is 362. The lowest BCUT2D eigenvalue weighted by Crippen LogP contribution is -2.42. The summed E-state index contributed by atoms with van der Waals surface area (Å²) in [5.41, 5.74) is 1.31. The number of aryl methyl sites for hydroxylation is 1. The van der Waals surface area contributed by atoms with Crippen LogP contribution < -0.4 is 0 Å². The van der Waals surface area contributed by atoms with Crippen molar-refractivity contribution < 1.29 is 9.90 Å². The molecule has 100 valence electrons. The van der Waals surface area contributed by atoms with Crippen LogP contribution in [-0.2, 0) is 11.2 Å². The van der Waals surface area contributed by atoms with Gasteiger partial charge in [0.05, 0.1) is 6.54 Å². The van der Waals surface area contributed by atoms with Crippen molar-refractivity contribution in [3.8, 4) is 0 Å². The number of aliphatic carboxylic acids is 1. The average molecular weight is 249 g/mol. The zero-order chi connectivity index (χ0) is 13.5. The summed E-state index contributed by atoms with van der Waals surface area (Å²) in [7, 11) is 0. The van der Waals surface area contributed by atoms with Crippen LogP contribution in [0.3, 0.4) is 0 Å². The number of carbonyl (C=O) groups is 1. The van der Waals surface area contributed by atoms with Crippen molar-refractivity contribution in [3.05, 3.63) is 35.9 Å². The van der Waals surface area contributed by atoms with Crippen molar-refractivity contribution in [1.29, 1.82) is 0 Å². The molecule has 1 atom stereocenters. The molecule has 0 spiro atoms. The van der Waals surface area contributed by atoms with Crippen LogP contribution >= 0.6 is 0 Å². The van der Waals surface area contributed by atoms with E-state index in [1.165, 1.54) is 5.56 Å². The average Bonchev–Trinajstić information content (AvgIpc) is 2.34. The molecular weight excluding hydrogens is 226 g/mol. The van der Waals surface area contributed by atoms with Gasteiger partial charge in [0.15, 0.2) is 0 Å². The molecule has 0 aliphatic carbocycles. The smallest absolute Gasteiger partial charge is 0.317 e. The summed E-state index contributed by atoms with van der Waals surface area (Å²) in [4.78, 5) is 12.9. The van der Waals surface area contributed by atoms with Gasteiger partial charge in [0, 0.05) is 12.1 Å². The minimum absolute atomic E-state index is 0.119. The fourth-order valence-electron chi connectivity index (χ4n) is 2.19. The molecule has 1 aromatic rings. The minimum atomic E-state index is -0.754. The van der Waals surface area contributed by atoms with E-state index in [2.05, 4.69) is 19.1 Å². The Hall–Kier alpha value is -1.35. The lowest BCUT2D eigenvalue weighted by molar-refractivity contribution is -0.139. The summed E-state index contributed by atoms with van der Waals surface area (Å²) in [6.45, 7) is 6.31. The van der Waals surface area contributed by atoms with Crippen molar-refractivity contribution in [2.45, 2.75) is 45.7 Å². The van der Waals surface area contributed by atoms with Gasteiger partial charge in [0.25, 0.3) is 0 Å². The maximum absolute atomic E-state index is 10.9. The molecule has 0 fully saturated rings. The molecule has 18 heavy (non-hydrogen) atoms. The monoisotopic (exact) mass is 249 g/mol. The topological polar surface area (TPSA) is 40.5 Å². The predicted octanol–water partition coefficient (Wildman–Crippen LogP) is 2.80. The molecule has 0 aliphatic heterocycles. The Morgan fingerprint density at radius 1 is 1.22 bits per heavy atom. The Labute approximate surface area is 109 Å². The summed E-state index contributed by atoms with van der Waals surface area (Å²) in [5, 5.41) is 8.93. The Morgan fingerprint density at radius 3 is 2.33 bits per heavy atom. The van der Waals surface area contributed by atoms with E-state index in [1.54, 1.807) is 0 Å². The number of carboxylic acid groups (broad SMARTS) is 1. The molecule has 3 heteroatoms. The van der Waals surface area contributed by atoms with Crippen molar-refractivity contribution >= 4 is 5.97 Å². The van der Waals surface area contributed by atoms with E-state index in [9.17, 15) is 4.79 Å². The van der Waals surface area contributed by atoms with Crippen molar-refractivity contribution in [2.75, 3.05) is 6.54 Å². The van der Waals surface area contributed by atoms with Gasteiger partial charge in [0.1, 0.15) is 0 Å². The number of carboxylic acids is 1. The summed E-state index contributed by atoms with van der Waals surface area (Å²) in [6, 6.07) is 10.9. The van der Waals surface area contributed by atoms with E-state index in [-0.39, 0.29) is 18.6 Å². The van der Waals surface area contributed by atoms with Gasteiger partial charge in [-0.1, -0.05) is 30.3 Å². The third kappa shape index (κ3) is 4.88. The van der Waals surface area contributed by atoms with Gasteiger partial charge < -0.3 is 5.11 Å². The molecule has 0 aromatic heterocycles. The number of nitrogens with zero attached hydrogens (tertiary/aromatic N) is 1. The van der Waals surface area contributed by atoms with Gasteiger partial charge in [-0.3, -0.25) is 9.69 Å². The molecule has 0 saturated heterocycles. The number of rotatable bonds is 7. The largest absolute Gasteiger partial charge is 0.480 e. The number of hydrogen-bond donors (Lipinski definition) is 1. The maximum atomic E-state index is 10.9. The molecule has 0 saturated carbocycles. The first kappa shape index (κ1) is 14.7. The SMILES string of the molecule is CC(C)N(CC(=O)O)C(C)CCc1ccccc1. The van der Waals surface area contributed by atoms with E-state index < -0.39 is 5.97 Å². The van der Waals surface area contributed by atoms with Crippen molar-refractivity contribution in [1.82, 2.24) is 4.90 Å². The van der Waals surface area contributed by atoms with Crippen LogP contribution in [0.2, 0.25) is 0 Å². The molecule has 0 bridgehead atoms. The van der Waals surface area contributed by atoms with Crippen LogP contribution in [0.1, 0.15) is 32.8 Å². The zero-order valence-corrected chi connectivity index (χ0v) is 11.5. The van der Waals surface area contributed by atoms with Crippen LogP contribution in [0.25, 0.3) is 0 Å². The van der Waals surface area contributed by atoms with E-state index in [0.29, 0.717) is 0 Å². The molecule has 0 aliphatic rings. The highest BCUT2D eigenvalue weighted by Gasteiger charge is 2.19. The van der Waals surface area contributed by atoms with Crippen LogP contribution in [0.5, 0.6) is 0 Å². The molecule has 1 N–H and O–H groups in total. The fraction of sp³-hybridized carbons (Fsp3) is 0.533.